The molecule has 1 atom stereocenters. The zero-order chi connectivity index (χ0) is 13.2. The van der Waals surface area contributed by atoms with E-state index in [1.54, 1.807) is 6.20 Å². The van der Waals surface area contributed by atoms with Crippen LogP contribution in [0.2, 0.25) is 0 Å². The van der Waals surface area contributed by atoms with Gasteiger partial charge < -0.3 is 10.1 Å². The van der Waals surface area contributed by atoms with E-state index in [0.717, 1.165) is 22.7 Å². The lowest BCUT2D eigenvalue weighted by molar-refractivity contribution is 0.0919. The van der Waals surface area contributed by atoms with Gasteiger partial charge in [-0.05, 0) is 25.0 Å². The first-order valence-corrected chi connectivity index (χ1v) is 6.98. The fourth-order valence-corrected chi connectivity index (χ4v) is 2.82. The molecule has 0 unspecified atom stereocenters. The molecule has 2 aromatic rings. The number of nitrogens with zero attached hydrogens (tertiary/aromatic N) is 1. The Kier molecular flexibility index (Phi) is 3.21. The standard InChI is InChI=1S/C14H14N2O2S/c1-9-15-7-13(19-9)14(17)16-11-6-10-4-2-3-5-12(10)18-8-11/h2-5,7,11H,6,8H2,1H3,(H,16,17)/t11-/m0/s1. The second kappa shape index (κ2) is 5.01. The van der Waals surface area contributed by atoms with Crippen LogP contribution in [0.1, 0.15) is 20.2 Å². The number of ether oxygens (including phenoxy) is 1. The molecule has 1 amide bonds. The van der Waals surface area contributed by atoms with Gasteiger partial charge >= 0.3 is 0 Å². The van der Waals surface area contributed by atoms with E-state index in [1.807, 2.05) is 31.2 Å². The molecule has 5 heteroatoms. The molecule has 1 aromatic carbocycles. The number of thiazole rings is 1. The molecule has 0 fully saturated rings. The average Bonchev–Trinajstić information content (AvgIpc) is 2.85. The Morgan fingerprint density at radius 1 is 1.47 bits per heavy atom. The molecule has 1 aliphatic rings. The van der Waals surface area contributed by atoms with Crippen LogP contribution in [0.3, 0.4) is 0 Å². The summed E-state index contributed by atoms with van der Waals surface area (Å²) < 4.78 is 5.65. The lowest BCUT2D eigenvalue weighted by Gasteiger charge is -2.25. The van der Waals surface area contributed by atoms with Crippen LogP contribution in [0.5, 0.6) is 5.75 Å². The summed E-state index contributed by atoms with van der Waals surface area (Å²) in [6.45, 7) is 2.40. The highest BCUT2D eigenvalue weighted by atomic mass is 32.1. The number of carbonyl (C=O) groups is 1. The molecule has 19 heavy (non-hydrogen) atoms. The molecule has 0 radical (unpaired) electrons. The molecule has 2 heterocycles. The molecule has 0 saturated carbocycles. The number of nitrogens with one attached hydrogen (secondary N) is 1. The third-order valence-electron chi connectivity index (χ3n) is 3.06. The molecule has 3 rings (SSSR count). The van der Waals surface area contributed by atoms with Crippen LogP contribution in [-0.2, 0) is 6.42 Å². The van der Waals surface area contributed by atoms with Gasteiger partial charge in [0.15, 0.2) is 0 Å². The lowest BCUT2D eigenvalue weighted by atomic mass is 10.0. The van der Waals surface area contributed by atoms with E-state index >= 15 is 0 Å². The maximum atomic E-state index is 12.0. The molecule has 4 nitrogen and oxygen atoms in total. The fourth-order valence-electron chi connectivity index (χ4n) is 2.14. The minimum Gasteiger partial charge on any atom is -0.491 e. The van der Waals surface area contributed by atoms with Crippen molar-refractivity contribution < 1.29 is 9.53 Å². The van der Waals surface area contributed by atoms with Crippen LogP contribution >= 0.6 is 11.3 Å². The summed E-state index contributed by atoms with van der Waals surface area (Å²) in [5, 5.41) is 3.89. The van der Waals surface area contributed by atoms with Crippen molar-refractivity contribution in [1.29, 1.82) is 0 Å². The third-order valence-corrected chi connectivity index (χ3v) is 3.97. The molecule has 0 spiro atoms. The number of rotatable bonds is 2. The molecular weight excluding hydrogens is 260 g/mol. The number of aromatic nitrogens is 1. The normalized spacial score (nSPS) is 17.4. The van der Waals surface area contributed by atoms with Crippen molar-refractivity contribution in [2.45, 2.75) is 19.4 Å². The Hall–Kier alpha value is -1.88. The number of hydrogen-bond donors (Lipinski definition) is 1. The van der Waals surface area contributed by atoms with Crippen LogP contribution in [0, 0.1) is 6.92 Å². The van der Waals surface area contributed by atoms with Crippen LogP contribution in [0.25, 0.3) is 0 Å². The van der Waals surface area contributed by atoms with Crippen molar-refractivity contribution in [1.82, 2.24) is 10.3 Å². The predicted octanol–water partition coefficient (Wildman–Crippen LogP) is 2.19. The number of aryl methyl sites for hydroxylation is 1. The van der Waals surface area contributed by atoms with E-state index in [-0.39, 0.29) is 11.9 Å². The Morgan fingerprint density at radius 3 is 3.11 bits per heavy atom. The highest BCUT2D eigenvalue weighted by Gasteiger charge is 2.22. The van der Waals surface area contributed by atoms with Gasteiger partial charge in [0.1, 0.15) is 17.2 Å². The van der Waals surface area contributed by atoms with Gasteiger partial charge in [-0.25, -0.2) is 4.98 Å². The molecule has 0 aliphatic carbocycles. The number of hydrogen-bond acceptors (Lipinski definition) is 4. The van der Waals surface area contributed by atoms with E-state index in [4.69, 9.17) is 4.74 Å². The average molecular weight is 274 g/mol. The number of carbonyl (C=O) groups excluding carboxylic acids is 1. The summed E-state index contributed by atoms with van der Waals surface area (Å²) in [5.41, 5.74) is 1.14. The largest absolute Gasteiger partial charge is 0.491 e. The van der Waals surface area contributed by atoms with E-state index in [9.17, 15) is 4.79 Å². The summed E-state index contributed by atoms with van der Waals surface area (Å²) >= 11 is 1.41. The Bertz CT molecular complexity index is 609. The van der Waals surface area contributed by atoms with E-state index in [1.165, 1.54) is 11.3 Å². The second-order valence-corrected chi connectivity index (χ2v) is 5.77. The summed E-state index contributed by atoms with van der Waals surface area (Å²) in [6.07, 6.45) is 2.42. The Balaban J connectivity index is 1.68. The Labute approximate surface area is 115 Å². The van der Waals surface area contributed by atoms with Gasteiger partial charge in [0, 0.05) is 0 Å². The number of fused-ring (bicyclic) bond motifs is 1. The van der Waals surface area contributed by atoms with Crippen molar-refractivity contribution in [3.05, 3.63) is 45.9 Å². The van der Waals surface area contributed by atoms with Gasteiger partial charge in [-0.3, -0.25) is 4.79 Å². The topological polar surface area (TPSA) is 51.2 Å². The molecule has 0 bridgehead atoms. The van der Waals surface area contributed by atoms with Crippen molar-refractivity contribution in [2.75, 3.05) is 6.61 Å². The minimum atomic E-state index is -0.0708. The van der Waals surface area contributed by atoms with Crippen LogP contribution < -0.4 is 10.1 Å². The van der Waals surface area contributed by atoms with Crippen LogP contribution in [-0.4, -0.2) is 23.5 Å². The van der Waals surface area contributed by atoms with E-state index in [0.29, 0.717) is 11.5 Å². The number of amides is 1. The third kappa shape index (κ3) is 2.61. The van der Waals surface area contributed by atoms with Crippen molar-refractivity contribution in [3.8, 4) is 5.75 Å². The maximum absolute atomic E-state index is 12.0. The van der Waals surface area contributed by atoms with Gasteiger partial charge in [-0.15, -0.1) is 11.3 Å². The second-order valence-electron chi connectivity index (χ2n) is 4.54. The van der Waals surface area contributed by atoms with Crippen LogP contribution in [0.4, 0.5) is 0 Å². The molecule has 1 aliphatic heterocycles. The summed E-state index contributed by atoms with van der Waals surface area (Å²) in [7, 11) is 0. The minimum absolute atomic E-state index is 0.0183. The zero-order valence-corrected chi connectivity index (χ0v) is 11.4. The first kappa shape index (κ1) is 12.2. The lowest BCUT2D eigenvalue weighted by Crippen LogP contribution is -2.42. The summed E-state index contributed by atoms with van der Waals surface area (Å²) in [6, 6.07) is 7.95. The first-order valence-electron chi connectivity index (χ1n) is 6.16. The van der Waals surface area contributed by atoms with Gasteiger partial charge in [0.25, 0.3) is 5.91 Å². The summed E-state index contributed by atoms with van der Waals surface area (Å²) in [5.74, 6) is 0.847. The van der Waals surface area contributed by atoms with Gasteiger partial charge in [0.2, 0.25) is 0 Å². The maximum Gasteiger partial charge on any atom is 0.263 e. The first-order chi connectivity index (χ1) is 9.22. The monoisotopic (exact) mass is 274 g/mol. The molecule has 1 N–H and O–H groups in total. The molecule has 0 saturated heterocycles. The SMILES string of the molecule is Cc1ncc(C(=O)N[C@@H]2COc3ccccc3C2)s1. The van der Waals surface area contributed by atoms with Gasteiger partial charge in [-0.1, -0.05) is 18.2 Å². The van der Waals surface area contributed by atoms with Crippen LogP contribution in [0.15, 0.2) is 30.5 Å². The zero-order valence-electron chi connectivity index (χ0n) is 10.6. The van der Waals surface area contributed by atoms with Crippen molar-refractivity contribution in [3.63, 3.8) is 0 Å². The molecule has 1 aromatic heterocycles. The molecular formula is C14H14N2O2S. The Morgan fingerprint density at radius 2 is 2.32 bits per heavy atom. The smallest absolute Gasteiger partial charge is 0.263 e. The molecule has 98 valence electrons. The number of para-hydroxylation sites is 1. The predicted molar refractivity (Wildman–Crippen MR) is 73.7 cm³/mol. The van der Waals surface area contributed by atoms with E-state index in [2.05, 4.69) is 10.3 Å². The fraction of sp³-hybridized carbons (Fsp3) is 0.286. The van der Waals surface area contributed by atoms with Gasteiger partial charge in [0.05, 0.1) is 17.2 Å². The van der Waals surface area contributed by atoms with Crippen molar-refractivity contribution >= 4 is 17.2 Å². The highest BCUT2D eigenvalue weighted by Crippen LogP contribution is 2.24. The quantitative estimate of drug-likeness (QED) is 0.913. The van der Waals surface area contributed by atoms with Gasteiger partial charge in [-0.2, -0.15) is 0 Å². The van der Waals surface area contributed by atoms with Crippen molar-refractivity contribution in [2.24, 2.45) is 0 Å². The number of benzene rings is 1. The highest BCUT2D eigenvalue weighted by molar-refractivity contribution is 7.13. The van der Waals surface area contributed by atoms with E-state index < -0.39 is 0 Å². The summed E-state index contributed by atoms with van der Waals surface area (Å²) in [4.78, 5) is 16.8.